The Morgan fingerprint density at radius 3 is 3.05 bits per heavy atom. The Morgan fingerprint density at radius 2 is 2.35 bits per heavy atom. The van der Waals surface area contributed by atoms with Crippen molar-refractivity contribution in [1.82, 2.24) is 30.4 Å². The smallest absolute Gasteiger partial charge is 0.241 e. The highest BCUT2D eigenvalue weighted by molar-refractivity contribution is 5.75. The Morgan fingerprint density at radius 1 is 1.50 bits per heavy atom. The van der Waals surface area contributed by atoms with Crippen molar-refractivity contribution >= 4 is 5.91 Å². The number of rotatable bonds is 6. The SMILES string of the molecule is CC(C)CN1CCC[C@@H](CNC(=O)Cn2cnnn2)C1. The van der Waals surface area contributed by atoms with E-state index in [4.69, 9.17) is 0 Å². The number of carbonyl (C=O) groups is 1. The molecule has 1 saturated heterocycles. The molecule has 0 spiro atoms. The molecule has 1 amide bonds. The van der Waals surface area contributed by atoms with Crippen LogP contribution >= 0.6 is 0 Å². The van der Waals surface area contributed by atoms with E-state index in [2.05, 4.69) is 39.6 Å². The van der Waals surface area contributed by atoms with Gasteiger partial charge in [0.2, 0.25) is 5.91 Å². The van der Waals surface area contributed by atoms with Crippen molar-refractivity contribution < 1.29 is 4.79 Å². The number of piperidine rings is 1. The van der Waals surface area contributed by atoms with Crippen LogP contribution in [0.15, 0.2) is 6.33 Å². The van der Waals surface area contributed by atoms with E-state index in [1.165, 1.54) is 30.4 Å². The molecule has 1 aliphatic rings. The molecule has 7 heteroatoms. The molecule has 1 N–H and O–H groups in total. The Balaban J connectivity index is 1.69. The van der Waals surface area contributed by atoms with Crippen LogP contribution in [0.5, 0.6) is 0 Å². The lowest BCUT2D eigenvalue weighted by Crippen LogP contribution is -2.42. The molecule has 0 saturated carbocycles. The van der Waals surface area contributed by atoms with Gasteiger partial charge in [0.25, 0.3) is 0 Å². The quantitative estimate of drug-likeness (QED) is 0.803. The van der Waals surface area contributed by atoms with E-state index in [-0.39, 0.29) is 12.5 Å². The first-order chi connectivity index (χ1) is 9.63. The minimum atomic E-state index is -0.0294. The second-order valence-electron chi connectivity index (χ2n) is 5.97. The summed E-state index contributed by atoms with van der Waals surface area (Å²) in [5.41, 5.74) is 0. The molecule has 7 nitrogen and oxygen atoms in total. The molecule has 1 aliphatic heterocycles. The first-order valence-electron chi connectivity index (χ1n) is 7.33. The number of nitrogens with one attached hydrogen (secondary N) is 1. The third kappa shape index (κ3) is 4.88. The average Bonchev–Trinajstić information content (AvgIpc) is 2.89. The molecule has 0 aromatic carbocycles. The molecule has 1 fully saturated rings. The number of likely N-dealkylation sites (tertiary alicyclic amines) is 1. The van der Waals surface area contributed by atoms with Gasteiger partial charge >= 0.3 is 0 Å². The summed E-state index contributed by atoms with van der Waals surface area (Å²) >= 11 is 0. The fraction of sp³-hybridized carbons (Fsp3) is 0.846. The van der Waals surface area contributed by atoms with E-state index in [1.807, 2.05) is 0 Å². The van der Waals surface area contributed by atoms with Crippen molar-refractivity contribution in [3.63, 3.8) is 0 Å². The molecule has 0 aliphatic carbocycles. The van der Waals surface area contributed by atoms with Crippen LogP contribution in [0, 0.1) is 11.8 Å². The zero-order valence-corrected chi connectivity index (χ0v) is 12.3. The highest BCUT2D eigenvalue weighted by Gasteiger charge is 2.20. The molecule has 20 heavy (non-hydrogen) atoms. The fourth-order valence-corrected chi connectivity index (χ4v) is 2.71. The minimum Gasteiger partial charge on any atom is -0.354 e. The van der Waals surface area contributed by atoms with E-state index < -0.39 is 0 Å². The van der Waals surface area contributed by atoms with E-state index in [0.717, 1.165) is 19.6 Å². The maximum Gasteiger partial charge on any atom is 0.241 e. The van der Waals surface area contributed by atoms with Gasteiger partial charge in [-0.05, 0) is 41.6 Å². The molecule has 2 heterocycles. The number of aromatic nitrogens is 4. The molecule has 0 radical (unpaired) electrons. The van der Waals surface area contributed by atoms with Gasteiger partial charge in [0.15, 0.2) is 0 Å². The maximum absolute atomic E-state index is 11.8. The minimum absolute atomic E-state index is 0.0294. The second kappa shape index (κ2) is 7.33. The lowest BCUT2D eigenvalue weighted by atomic mass is 9.97. The van der Waals surface area contributed by atoms with E-state index in [9.17, 15) is 4.79 Å². The number of carbonyl (C=O) groups excluding carboxylic acids is 1. The molecule has 0 bridgehead atoms. The number of nitrogens with zero attached hydrogens (tertiary/aromatic N) is 5. The van der Waals surface area contributed by atoms with E-state index in [1.54, 1.807) is 0 Å². The molecule has 1 aromatic heterocycles. The highest BCUT2D eigenvalue weighted by Crippen LogP contribution is 2.16. The van der Waals surface area contributed by atoms with Gasteiger partial charge < -0.3 is 10.2 Å². The van der Waals surface area contributed by atoms with Crippen molar-refractivity contribution in [1.29, 1.82) is 0 Å². The fourth-order valence-electron chi connectivity index (χ4n) is 2.71. The monoisotopic (exact) mass is 280 g/mol. The zero-order valence-electron chi connectivity index (χ0n) is 12.3. The Labute approximate surface area is 119 Å². The van der Waals surface area contributed by atoms with E-state index in [0.29, 0.717) is 11.8 Å². The lowest BCUT2D eigenvalue weighted by Gasteiger charge is -2.33. The predicted molar refractivity (Wildman–Crippen MR) is 74.8 cm³/mol. The van der Waals surface area contributed by atoms with Crippen molar-refractivity contribution in [2.24, 2.45) is 11.8 Å². The number of tetrazole rings is 1. The van der Waals surface area contributed by atoms with Gasteiger partial charge in [0.05, 0.1) is 0 Å². The van der Waals surface area contributed by atoms with Crippen LogP contribution in [0.4, 0.5) is 0 Å². The summed E-state index contributed by atoms with van der Waals surface area (Å²) in [4.78, 5) is 14.3. The number of hydrogen-bond acceptors (Lipinski definition) is 5. The maximum atomic E-state index is 11.8. The van der Waals surface area contributed by atoms with Gasteiger partial charge in [-0.1, -0.05) is 13.8 Å². The van der Waals surface area contributed by atoms with Gasteiger partial charge in [-0.25, -0.2) is 4.68 Å². The second-order valence-corrected chi connectivity index (χ2v) is 5.97. The summed E-state index contributed by atoms with van der Waals surface area (Å²) in [5.74, 6) is 1.22. The van der Waals surface area contributed by atoms with Crippen molar-refractivity contribution in [3.8, 4) is 0 Å². The van der Waals surface area contributed by atoms with Gasteiger partial charge in [-0.3, -0.25) is 4.79 Å². The topological polar surface area (TPSA) is 75.9 Å². The van der Waals surface area contributed by atoms with Crippen LogP contribution in [0.1, 0.15) is 26.7 Å². The number of amides is 1. The molecule has 112 valence electrons. The van der Waals surface area contributed by atoms with Crippen LogP contribution in [-0.2, 0) is 11.3 Å². The summed E-state index contributed by atoms with van der Waals surface area (Å²) in [7, 11) is 0. The van der Waals surface area contributed by atoms with E-state index >= 15 is 0 Å². The van der Waals surface area contributed by atoms with Crippen molar-refractivity contribution in [3.05, 3.63) is 6.33 Å². The summed E-state index contributed by atoms with van der Waals surface area (Å²) in [6.45, 7) is 8.85. The van der Waals surface area contributed by atoms with Gasteiger partial charge in [-0.15, -0.1) is 5.10 Å². The van der Waals surface area contributed by atoms with Crippen LogP contribution in [0.3, 0.4) is 0 Å². The largest absolute Gasteiger partial charge is 0.354 e. The van der Waals surface area contributed by atoms with Crippen LogP contribution in [0.2, 0.25) is 0 Å². The summed E-state index contributed by atoms with van der Waals surface area (Å²) in [6, 6.07) is 0. The summed E-state index contributed by atoms with van der Waals surface area (Å²) in [6.07, 6.45) is 3.87. The van der Waals surface area contributed by atoms with Gasteiger partial charge in [0, 0.05) is 19.6 Å². The first-order valence-corrected chi connectivity index (χ1v) is 7.33. The highest BCUT2D eigenvalue weighted by atomic mass is 16.2. The summed E-state index contributed by atoms with van der Waals surface area (Å²) < 4.78 is 1.43. The van der Waals surface area contributed by atoms with Crippen LogP contribution in [-0.4, -0.2) is 57.2 Å². The molecular weight excluding hydrogens is 256 g/mol. The normalized spacial score (nSPS) is 20.2. The molecule has 0 unspecified atom stereocenters. The zero-order chi connectivity index (χ0) is 14.4. The third-order valence-corrected chi connectivity index (χ3v) is 3.51. The predicted octanol–water partition coefficient (Wildman–Crippen LogP) is 0.157. The Bertz CT molecular complexity index is 405. The number of hydrogen-bond donors (Lipinski definition) is 1. The average molecular weight is 280 g/mol. The standard InChI is InChI=1S/C13H24N6O/c1-11(2)7-18-5-3-4-12(8-18)6-14-13(20)9-19-10-15-16-17-19/h10-12H,3-9H2,1-2H3,(H,14,20)/t12-/m0/s1. The Hall–Kier alpha value is -1.50. The Kier molecular flexibility index (Phi) is 5.46. The molecule has 1 atom stereocenters. The molecular formula is C13H24N6O. The van der Waals surface area contributed by atoms with Crippen LogP contribution < -0.4 is 5.32 Å². The van der Waals surface area contributed by atoms with Crippen molar-refractivity contribution in [2.75, 3.05) is 26.2 Å². The molecule has 2 rings (SSSR count). The van der Waals surface area contributed by atoms with Gasteiger partial charge in [0.1, 0.15) is 12.9 Å². The molecule has 1 aromatic rings. The lowest BCUT2D eigenvalue weighted by molar-refractivity contribution is -0.122. The van der Waals surface area contributed by atoms with Gasteiger partial charge in [-0.2, -0.15) is 0 Å². The first kappa shape index (κ1) is 14.9. The third-order valence-electron chi connectivity index (χ3n) is 3.51. The van der Waals surface area contributed by atoms with Crippen LogP contribution in [0.25, 0.3) is 0 Å². The van der Waals surface area contributed by atoms with Crippen molar-refractivity contribution in [2.45, 2.75) is 33.2 Å². The summed E-state index contributed by atoms with van der Waals surface area (Å²) in [5, 5.41) is 13.7.